The predicted molar refractivity (Wildman–Crippen MR) is 120 cm³/mol. The van der Waals surface area contributed by atoms with Gasteiger partial charge in [0.15, 0.2) is 12.2 Å². The molecule has 0 saturated carbocycles. The molecule has 1 N–H and O–H groups in total. The second-order valence-electron chi connectivity index (χ2n) is 7.18. The molecule has 7 heteroatoms. The zero-order valence-corrected chi connectivity index (χ0v) is 17.5. The molecule has 0 unspecified atom stereocenters. The molecular weight excluding hydrogens is 392 g/mol. The smallest absolute Gasteiger partial charge is 0.255 e. The SMILES string of the molecule is CCN(CC)C(=O)Cn1ccc2cc(NC(=O)c3ccc(-c4cnco4)cc3)ccc21. The van der Waals surface area contributed by atoms with Gasteiger partial charge in [0.1, 0.15) is 6.54 Å². The molecule has 31 heavy (non-hydrogen) atoms. The fraction of sp³-hybridized carbons (Fsp3) is 0.208. The Kier molecular flexibility index (Phi) is 5.84. The number of nitrogens with zero attached hydrogens (tertiary/aromatic N) is 3. The molecule has 0 aliphatic heterocycles. The number of fused-ring (bicyclic) bond motifs is 1. The van der Waals surface area contributed by atoms with E-state index < -0.39 is 0 Å². The van der Waals surface area contributed by atoms with Gasteiger partial charge in [-0.05, 0) is 50.2 Å². The number of hydrogen-bond acceptors (Lipinski definition) is 4. The molecule has 0 bridgehead atoms. The molecule has 4 rings (SSSR count). The van der Waals surface area contributed by atoms with Gasteiger partial charge in [-0.25, -0.2) is 4.98 Å². The first-order valence-corrected chi connectivity index (χ1v) is 10.3. The lowest BCUT2D eigenvalue weighted by molar-refractivity contribution is -0.131. The Bertz CT molecular complexity index is 1190. The van der Waals surface area contributed by atoms with Crippen LogP contribution in [0, 0.1) is 0 Å². The van der Waals surface area contributed by atoms with Crippen LogP contribution in [0.2, 0.25) is 0 Å². The van der Waals surface area contributed by atoms with Gasteiger partial charge in [0.25, 0.3) is 5.91 Å². The Morgan fingerprint density at radius 2 is 1.84 bits per heavy atom. The first-order valence-electron chi connectivity index (χ1n) is 10.3. The second-order valence-corrected chi connectivity index (χ2v) is 7.18. The van der Waals surface area contributed by atoms with Crippen LogP contribution in [-0.4, -0.2) is 39.4 Å². The topological polar surface area (TPSA) is 80.4 Å². The van der Waals surface area contributed by atoms with Crippen LogP contribution in [-0.2, 0) is 11.3 Å². The molecule has 2 amide bonds. The Labute approximate surface area is 180 Å². The summed E-state index contributed by atoms with van der Waals surface area (Å²) in [6.07, 6.45) is 4.91. The van der Waals surface area contributed by atoms with Gasteiger partial charge in [-0.3, -0.25) is 9.59 Å². The summed E-state index contributed by atoms with van der Waals surface area (Å²) in [6, 6.07) is 14.8. The van der Waals surface area contributed by atoms with Crippen molar-refractivity contribution in [3.8, 4) is 11.3 Å². The Morgan fingerprint density at radius 1 is 1.06 bits per heavy atom. The number of carbonyl (C=O) groups excluding carboxylic acids is 2. The summed E-state index contributed by atoms with van der Waals surface area (Å²) in [7, 11) is 0. The molecule has 0 aliphatic carbocycles. The van der Waals surface area contributed by atoms with Crippen molar-refractivity contribution in [3.05, 3.63) is 72.9 Å². The van der Waals surface area contributed by atoms with E-state index in [4.69, 9.17) is 4.42 Å². The van der Waals surface area contributed by atoms with E-state index in [1.54, 1.807) is 18.3 Å². The normalized spacial score (nSPS) is 10.9. The van der Waals surface area contributed by atoms with Gasteiger partial charge >= 0.3 is 0 Å². The van der Waals surface area contributed by atoms with E-state index >= 15 is 0 Å². The van der Waals surface area contributed by atoms with Crippen LogP contribution in [0.1, 0.15) is 24.2 Å². The van der Waals surface area contributed by atoms with Gasteiger partial charge in [0.05, 0.1) is 6.20 Å². The number of oxazole rings is 1. The average molecular weight is 416 g/mol. The van der Waals surface area contributed by atoms with E-state index in [2.05, 4.69) is 10.3 Å². The van der Waals surface area contributed by atoms with Crippen molar-refractivity contribution in [3.63, 3.8) is 0 Å². The molecule has 158 valence electrons. The van der Waals surface area contributed by atoms with E-state index in [0.29, 0.717) is 36.6 Å². The molecule has 0 spiro atoms. The molecule has 7 nitrogen and oxygen atoms in total. The molecular formula is C24H24N4O3. The molecule has 0 atom stereocenters. The third-order valence-corrected chi connectivity index (χ3v) is 5.31. The zero-order chi connectivity index (χ0) is 21.8. The Hall–Kier alpha value is -3.87. The van der Waals surface area contributed by atoms with Crippen molar-refractivity contribution < 1.29 is 14.0 Å². The lowest BCUT2D eigenvalue weighted by atomic mass is 10.1. The third kappa shape index (κ3) is 4.35. The van der Waals surface area contributed by atoms with Crippen molar-refractivity contribution in [1.29, 1.82) is 0 Å². The second kappa shape index (κ2) is 8.87. The summed E-state index contributed by atoms with van der Waals surface area (Å²) >= 11 is 0. The summed E-state index contributed by atoms with van der Waals surface area (Å²) in [4.78, 5) is 30.8. The van der Waals surface area contributed by atoms with Gasteiger partial charge in [-0.15, -0.1) is 0 Å². The van der Waals surface area contributed by atoms with Gasteiger partial charge < -0.3 is 19.2 Å². The van der Waals surface area contributed by atoms with Crippen LogP contribution in [0.3, 0.4) is 0 Å². The minimum absolute atomic E-state index is 0.0913. The number of benzene rings is 2. The summed E-state index contributed by atoms with van der Waals surface area (Å²) in [5, 5.41) is 3.90. The molecule has 4 aromatic rings. The number of carbonyl (C=O) groups is 2. The maximum absolute atomic E-state index is 12.6. The van der Waals surface area contributed by atoms with Crippen LogP contribution in [0.15, 0.2) is 71.7 Å². The van der Waals surface area contributed by atoms with Gasteiger partial charge in [0, 0.05) is 47.0 Å². The highest BCUT2D eigenvalue weighted by atomic mass is 16.3. The summed E-state index contributed by atoms with van der Waals surface area (Å²) in [5.41, 5.74) is 3.06. The van der Waals surface area contributed by atoms with Gasteiger partial charge in [-0.1, -0.05) is 12.1 Å². The molecule has 0 radical (unpaired) electrons. The van der Waals surface area contributed by atoms with Crippen LogP contribution in [0.5, 0.6) is 0 Å². The molecule has 2 aromatic carbocycles. The average Bonchev–Trinajstić information content (AvgIpc) is 3.45. The number of rotatable bonds is 7. The van der Waals surface area contributed by atoms with E-state index in [1.165, 1.54) is 6.39 Å². The number of amides is 2. The van der Waals surface area contributed by atoms with Crippen molar-refractivity contribution in [2.45, 2.75) is 20.4 Å². The van der Waals surface area contributed by atoms with Gasteiger partial charge in [0.2, 0.25) is 5.91 Å². The molecule has 0 saturated heterocycles. The van der Waals surface area contributed by atoms with Crippen molar-refractivity contribution >= 4 is 28.4 Å². The van der Waals surface area contributed by atoms with E-state index in [-0.39, 0.29) is 11.8 Å². The van der Waals surface area contributed by atoms with E-state index in [1.807, 2.05) is 65.9 Å². The minimum Gasteiger partial charge on any atom is -0.444 e. The van der Waals surface area contributed by atoms with Crippen molar-refractivity contribution in [1.82, 2.24) is 14.5 Å². The Morgan fingerprint density at radius 3 is 2.52 bits per heavy atom. The quantitative estimate of drug-likeness (QED) is 0.484. The first-order chi connectivity index (χ1) is 15.1. The lowest BCUT2D eigenvalue weighted by Crippen LogP contribution is -2.33. The van der Waals surface area contributed by atoms with Crippen LogP contribution in [0.4, 0.5) is 5.69 Å². The number of aromatic nitrogens is 2. The standard InChI is InChI=1S/C24H24N4O3/c1-3-27(4-2)23(29)15-28-12-11-19-13-20(9-10-21(19)28)26-24(30)18-7-5-17(6-8-18)22-14-25-16-31-22/h5-14,16H,3-4,15H2,1-2H3,(H,26,30). The highest BCUT2D eigenvalue weighted by molar-refractivity contribution is 6.05. The minimum atomic E-state index is -0.195. The third-order valence-electron chi connectivity index (χ3n) is 5.31. The molecule has 0 fully saturated rings. The number of anilines is 1. The highest BCUT2D eigenvalue weighted by Gasteiger charge is 2.13. The molecule has 2 aromatic heterocycles. The van der Waals surface area contributed by atoms with Crippen molar-refractivity contribution in [2.75, 3.05) is 18.4 Å². The molecule has 2 heterocycles. The predicted octanol–water partition coefficient (Wildman–Crippen LogP) is 4.42. The fourth-order valence-electron chi connectivity index (χ4n) is 3.59. The van der Waals surface area contributed by atoms with Crippen LogP contribution < -0.4 is 5.32 Å². The maximum Gasteiger partial charge on any atom is 0.255 e. The summed E-state index contributed by atoms with van der Waals surface area (Å²) in [6.45, 7) is 5.65. The largest absolute Gasteiger partial charge is 0.444 e. The first kappa shape index (κ1) is 20.4. The zero-order valence-electron chi connectivity index (χ0n) is 17.5. The Balaban J connectivity index is 1.46. The lowest BCUT2D eigenvalue weighted by Gasteiger charge is -2.19. The van der Waals surface area contributed by atoms with Crippen LogP contribution >= 0.6 is 0 Å². The number of nitrogens with one attached hydrogen (secondary N) is 1. The monoisotopic (exact) mass is 416 g/mol. The van der Waals surface area contributed by atoms with Gasteiger partial charge in [-0.2, -0.15) is 0 Å². The highest BCUT2D eigenvalue weighted by Crippen LogP contribution is 2.22. The summed E-state index contributed by atoms with van der Waals surface area (Å²) < 4.78 is 7.21. The number of hydrogen-bond donors (Lipinski definition) is 1. The maximum atomic E-state index is 12.6. The fourth-order valence-corrected chi connectivity index (χ4v) is 3.59. The van der Waals surface area contributed by atoms with Crippen molar-refractivity contribution in [2.24, 2.45) is 0 Å². The van der Waals surface area contributed by atoms with Crippen LogP contribution in [0.25, 0.3) is 22.2 Å². The molecule has 0 aliphatic rings. The van der Waals surface area contributed by atoms with E-state index in [0.717, 1.165) is 16.5 Å². The van der Waals surface area contributed by atoms with E-state index in [9.17, 15) is 9.59 Å². The number of likely N-dealkylation sites (N-methyl/N-ethyl adjacent to an activating group) is 1. The summed E-state index contributed by atoms with van der Waals surface area (Å²) in [5.74, 6) is 0.551.